The third-order valence-electron chi connectivity index (χ3n) is 4.47. The summed E-state index contributed by atoms with van der Waals surface area (Å²) in [7, 11) is -3.32. The van der Waals surface area contributed by atoms with Gasteiger partial charge in [0.05, 0.1) is 16.4 Å². The van der Waals surface area contributed by atoms with Crippen molar-refractivity contribution < 1.29 is 39.6 Å². The maximum Gasteiger partial charge on any atom is 0.416 e. The van der Waals surface area contributed by atoms with E-state index in [0.717, 1.165) is 4.90 Å². The molecule has 1 aliphatic rings. The van der Waals surface area contributed by atoms with Gasteiger partial charge in [-0.1, -0.05) is 6.92 Å². The number of piperidine rings is 1. The highest BCUT2D eigenvalue weighted by molar-refractivity contribution is 7.92. The molecule has 0 atom stereocenters. The molecule has 27 heavy (non-hydrogen) atoms. The number of likely N-dealkylation sites (tertiary alicyclic amines) is 1. The van der Waals surface area contributed by atoms with Crippen LogP contribution < -0.4 is 0 Å². The molecule has 152 valence electrons. The molecule has 0 aromatic heterocycles. The Morgan fingerprint density at radius 2 is 1.44 bits per heavy atom. The first kappa shape index (κ1) is 21.5. The Bertz CT molecular complexity index is 776. The summed E-state index contributed by atoms with van der Waals surface area (Å²) in [6.45, 7) is 1.37. The number of hydrogen-bond acceptors (Lipinski definition) is 3. The van der Waals surface area contributed by atoms with Crippen molar-refractivity contribution >= 4 is 15.7 Å². The summed E-state index contributed by atoms with van der Waals surface area (Å²) < 4.78 is 101. The van der Waals surface area contributed by atoms with Gasteiger partial charge in [0.2, 0.25) is 0 Å². The summed E-state index contributed by atoms with van der Waals surface area (Å²) in [6.07, 6.45) is -9.91. The Labute approximate surface area is 152 Å². The van der Waals surface area contributed by atoms with Crippen LogP contribution in [0, 0.1) is 0 Å². The van der Waals surface area contributed by atoms with Crippen molar-refractivity contribution in [2.75, 3.05) is 18.8 Å². The van der Waals surface area contributed by atoms with Gasteiger partial charge in [-0.05, 0) is 31.0 Å². The Balaban J connectivity index is 2.29. The molecule has 0 radical (unpaired) electrons. The Morgan fingerprint density at radius 1 is 1.00 bits per heavy atom. The lowest BCUT2D eigenvalue weighted by molar-refractivity contribution is -0.143. The van der Waals surface area contributed by atoms with E-state index in [1.165, 1.54) is 6.92 Å². The molecule has 0 saturated carbocycles. The largest absolute Gasteiger partial charge is 0.416 e. The van der Waals surface area contributed by atoms with Gasteiger partial charge in [-0.25, -0.2) is 8.42 Å². The van der Waals surface area contributed by atoms with Crippen molar-refractivity contribution in [2.24, 2.45) is 0 Å². The van der Waals surface area contributed by atoms with E-state index in [1.54, 1.807) is 0 Å². The monoisotopic (exact) mass is 417 g/mol. The van der Waals surface area contributed by atoms with Crippen molar-refractivity contribution in [1.82, 2.24) is 4.90 Å². The molecule has 4 nitrogen and oxygen atoms in total. The molecule has 1 amide bonds. The zero-order chi connectivity index (χ0) is 20.6. The first-order chi connectivity index (χ1) is 12.3. The molecule has 0 aliphatic carbocycles. The van der Waals surface area contributed by atoms with E-state index in [4.69, 9.17) is 0 Å². The summed E-state index contributed by atoms with van der Waals surface area (Å²) in [4.78, 5) is 13.5. The Morgan fingerprint density at radius 3 is 1.81 bits per heavy atom. The summed E-state index contributed by atoms with van der Waals surface area (Å²) in [5.41, 5.74) is -3.86. The summed E-state index contributed by atoms with van der Waals surface area (Å²) in [5.74, 6) is -1.06. The maximum absolute atomic E-state index is 12.9. The Kier molecular flexibility index (Phi) is 5.84. The van der Waals surface area contributed by atoms with E-state index in [1.807, 2.05) is 0 Å². The highest BCUT2D eigenvalue weighted by Crippen LogP contribution is 2.36. The average molecular weight is 417 g/mol. The van der Waals surface area contributed by atoms with Crippen LogP contribution in [0.3, 0.4) is 0 Å². The summed E-state index contributed by atoms with van der Waals surface area (Å²) >= 11 is 0. The fourth-order valence-corrected chi connectivity index (χ4v) is 4.32. The highest BCUT2D eigenvalue weighted by Gasteiger charge is 2.38. The molecule has 1 fully saturated rings. The third kappa shape index (κ3) is 4.94. The number of carbonyl (C=O) groups is 1. The molecule has 1 heterocycles. The van der Waals surface area contributed by atoms with Gasteiger partial charge in [0.25, 0.3) is 5.91 Å². The maximum atomic E-state index is 12.9. The van der Waals surface area contributed by atoms with Gasteiger partial charge in [-0.15, -0.1) is 0 Å². The van der Waals surface area contributed by atoms with Gasteiger partial charge in [-0.2, -0.15) is 26.3 Å². The topological polar surface area (TPSA) is 54.5 Å². The molecule has 0 N–H and O–H groups in total. The number of alkyl halides is 6. The lowest BCUT2D eigenvalue weighted by atomic mass is 10.0. The van der Waals surface area contributed by atoms with Crippen molar-refractivity contribution in [2.45, 2.75) is 37.4 Å². The summed E-state index contributed by atoms with van der Waals surface area (Å²) in [5, 5.41) is -0.668. The van der Waals surface area contributed by atoms with Crippen molar-refractivity contribution in [3.05, 3.63) is 34.9 Å². The highest BCUT2D eigenvalue weighted by atomic mass is 32.2. The first-order valence-corrected chi connectivity index (χ1v) is 9.77. The number of hydrogen-bond donors (Lipinski definition) is 0. The second-order valence-corrected chi connectivity index (χ2v) is 8.81. The molecule has 1 aromatic carbocycles. The van der Waals surface area contributed by atoms with Crippen LogP contribution in [0.1, 0.15) is 41.3 Å². The van der Waals surface area contributed by atoms with Crippen LogP contribution in [0.5, 0.6) is 0 Å². The zero-order valence-electron chi connectivity index (χ0n) is 14.2. The van der Waals surface area contributed by atoms with Crippen LogP contribution in [0.25, 0.3) is 0 Å². The predicted molar refractivity (Wildman–Crippen MR) is 84.8 cm³/mol. The predicted octanol–water partition coefficient (Wildman–Crippen LogP) is 3.76. The van der Waals surface area contributed by atoms with Crippen molar-refractivity contribution in [3.8, 4) is 0 Å². The van der Waals surface area contributed by atoms with E-state index in [2.05, 4.69) is 0 Å². The van der Waals surface area contributed by atoms with E-state index in [0.29, 0.717) is 12.1 Å². The average Bonchev–Trinajstić information content (AvgIpc) is 2.59. The standard InChI is InChI=1S/C16H17F6NO3S/c1-2-27(25,26)13-3-5-23(6-4-13)14(24)10-7-11(15(17,18)19)9-12(8-10)16(20,21)22/h7-9,13H,2-6H2,1H3. The fraction of sp³-hybridized carbons (Fsp3) is 0.562. The van der Waals surface area contributed by atoms with Crippen LogP contribution in [0.4, 0.5) is 26.3 Å². The summed E-state index contributed by atoms with van der Waals surface area (Å²) in [6, 6.07) is 0.718. The molecule has 1 aromatic rings. The molecular formula is C16H17F6NO3S. The van der Waals surface area contributed by atoms with Gasteiger partial charge in [0.1, 0.15) is 0 Å². The second kappa shape index (κ2) is 7.33. The number of nitrogens with zero attached hydrogens (tertiary/aromatic N) is 1. The molecule has 2 rings (SSSR count). The number of amides is 1. The van der Waals surface area contributed by atoms with Gasteiger partial charge >= 0.3 is 12.4 Å². The molecule has 0 spiro atoms. The van der Waals surface area contributed by atoms with E-state index in [9.17, 15) is 39.6 Å². The van der Waals surface area contributed by atoms with E-state index >= 15 is 0 Å². The number of sulfone groups is 1. The minimum atomic E-state index is -5.04. The van der Waals surface area contributed by atoms with E-state index in [-0.39, 0.29) is 37.8 Å². The van der Waals surface area contributed by atoms with E-state index < -0.39 is 50.0 Å². The lowest BCUT2D eigenvalue weighted by Gasteiger charge is -2.32. The number of benzene rings is 1. The molecule has 11 heteroatoms. The number of halogens is 6. The van der Waals surface area contributed by atoms with Crippen LogP contribution >= 0.6 is 0 Å². The molecule has 1 saturated heterocycles. The van der Waals surface area contributed by atoms with Gasteiger partial charge in [0.15, 0.2) is 9.84 Å². The first-order valence-electron chi connectivity index (χ1n) is 8.06. The zero-order valence-corrected chi connectivity index (χ0v) is 15.0. The smallest absolute Gasteiger partial charge is 0.339 e. The molecule has 1 aliphatic heterocycles. The fourth-order valence-electron chi connectivity index (χ4n) is 2.91. The van der Waals surface area contributed by atoms with Crippen LogP contribution in [-0.2, 0) is 22.2 Å². The molecule has 0 bridgehead atoms. The minimum absolute atomic E-state index is 0.0448. The second-order valence-electron chi connectivity index (χ2n) is 6.24. The van der Waals surface area contributed by atoms with Crippen molar-refractivity contribution in [3.63, 3.8) is 0 Å². The normalized spacial score (nSPS) is 17.2. The third-order valence-corrected chi connectivity index (χ3v) is 6.77. The van der Waals surface area contributed by atoms with Gasteiger partial charge in [0, 0.05) is 24.4 Å². The molecular weight excluding hydrogens is 400 g/mol. The number of carbonyl (C=O) groups excluding carboxylic acids is 1. The lowest BCUT2D eigenvalue weighted by Crippen LogP contribution is -2.43. The minimum Gasteiger partial charge on any atom is -0.339 e. The van der Waals surface area contributed by atoms with Crippen molar-refractivity contribution in [1.29, 1.82) is 0 Å². The number of rotatable bonds is 3. The van der Waals surface area contributed by atoms with Gasteiger partial charge < -0.3 is 4.90 Å². The van der Waals surface area contributed by atoms with Crippen LogP contribution in [0.15, 0.2) is 18.2 Å². The van der Waals surface area contributed by atoms with Crippen LogP contribution in [-0.4, -0.2) is 43.3 Å². The molecule has 0 unspecified atom stereocenters. The SMILES string of the molecule is CCS(=O)(=O)C1CCN(C(=O)c2cc(C(F)(F)F)cc(C(F)(F)F)c2)CC1. The quantitative estimate of drug-likeness (QED) is 0.704. The Hall–Kier alpha value is -1.78. The van der Waals surface area contributed by atoms with Gasteiger partial charge in [-0.3, -0.25) is 4.79 Å². The van der Waals surface area contributed by atoms with Crippen LogP contribution in [0.2, 0.25) is 0 Å².